The predicted molar refractivity (Wildman–Crippen MR) is 99.0 cm³/mol. The van der Waals surface area contributed by atoms with Crippen molar-refractivity contribution in [2.75, 3.05) is 18.4 Å². The number of nitrogens with zero attached hydrogens (tertiary/aromatic N) is 1. The van der Waals surface area contributed by atoms with E-state index in [4.69, 9.17) is 4.42 Å². The molecule has 7 heteroatoms. The Morgan fingerprint density at radius 1 is 1.12 bits per heavy atom. The lowest BCUT2D eigenvalue weighted by molar-refractivity contribution is -0.120. The molecule has 1 saturated carbocycles. The molecule has 0 radical (unpaired) electrons. The number of carbonyl (C=O) groups is 1. The Balaban J connectivity index is 1.39. The largest absolute Gasteiger partial charge is 0.464 e. The van der Waals surface area contributed by atoms with Gasteiger partial charge >= 0.3 is 0 Å². The summed E-state index contributed by atoms with van der Waals surface area (Å²) in [5.74, 6) is 0.351. The molecule has 1 atom stereocenters. The summed E-state index contributed by atoms with van der Waals surface area (Å²) in [6.45, 7) is 0.815. The minimum atomic E-state index is -3.22. The second-order valence-electron chi connectivity index (χ2n) is 6.99. The number of amides is 1. The Morgan fingerprint density at radius 2 is 1.88 bits per heavy atom. The molecule has 1 saturated heterocycles. The molecule has 2 fully saturated rings. The summed E-state index contributed by atoms with van der Waals surface area (Å²) in [5.41, 5.74) is 1.64. The number of benzene rings is 1. The number of nitrogens with one attached hydrogen (secondary N) is 1. The van der Waals surface area contributed by atoms with Crippen molar-refractivity contribution in [2.45, 2.75) is 30.9 Å². The highest BCUT2D eigenvalue weighted by molar-refractivity contribution is 7.90. The van der Waals surface area contributed by atoms with E-state index in [1.54, 1.807) is 6.26 Å². The van der Waals surface area contributed by atoms with Crippen LogP contribution in [0.5, 0.6) is 0 Å². The molecule has 0 bridgehead atoms. The number of hydrogen-bond acceptors (Lipinski definition) is 4. The van der Waals surface area contributed by atoms with E-state index in [0.29, 0.717) is 18.7 Å². The zero-order valence-electron chi connectivity index (χ0n) is 14.4. The van der Waals surface area contributed by atoms with E-state index in [1.807, 2.05) is 36.4 Å². The molecular formula is C19H22N2O4S. The van der Waals surface area contributed by atoms with Crippen LogP contribution in [-0.2, 0) is 14.8 Å². The minimum absolute atomic E-state index is 0.119. The van der Waals surface area contributed by atoms with Crippen LogP contribution < -0.4 is 5.32 Å². The fourth-order valence-electron chi connectivity index (χ4n) is 3.37. The highest BCUT2D eigenvalue weighted by atomic mass is 32.2. The highest BCUT2D eigenvalue weighted by Gasteiger charge is 2.42. The number of sulfonamides is 1. The van der Waals surface area contributed by atoms with Crippen molar-refractivity contribution in [3.05, 3.63) is 42.7 Å². The molecule has 6 nitrogen and oxygen atoms in total. The van der Waals surface area contributed by atoms with E-state index in [0.717, 1.165) is 30.6 Å². The van der Waals surface area contributed by atoms with Crippen molar-refractivity contribution in [2.24, 2.45) is 5.92 Å². The summed E-state index contributed by atoms with van der Waals surface area (Å²) in [5, 5.41) is 2.69. The molecule has 138 valence electrons. The summed E-state index contributed by atoms with van der Waals surface area (Å²) in [7, 11) is -3.22. The molecule has 1 N–H and O–H groups in total. The van der Waals surface area contributed by atoms with Crippen molar-refractivity contribution in [3.63, 3.8) is 0 Å². The topological polar surface area (TPSA) is 79.6 Å². The number of carbonyl (C=O) groups excluding carboxylic acids is 1. The number of piperidine rings is 1. The van der Waals surface area contributed by atoms with Crippen LogP contribution in [0.15, 0.2) is 47.1 Å². The first-order valence-electron chi connectivity index (χ1n) is 8.98. The van der Waals surface area contributed by atoms with Gasteiger partial charge in [0.2, 0.25) is 15.9 Å². The van der Waals surface area contributed by atoms with E-state index in [-0.39, 0.29) is 23.6 Å². The van der Waals surface area contributed by atoms with E-state index in [1.165, 1.54) is 4.31 Å². The van der Waals surface area contributed by atoms with Gasteiger partial charge in [-0.05, 0) is 62.1 Å². The summed E-state index contributed by atoms with van der Waals surface area (Å²) in [6, 6.07) is 11.1. The van der Waals surface area contributed by atoms with Gasteiger partial charge < -0.3 is 9.73 Å². The van der Waals surface area contributed by atoms with E-state index >= 15 is 0 Å². The van der Waals surface area contributed by atoms with E-state index < -0.39 is 10.0 Å². The molecule has 2 aromatic rings. The molecule has 0 spiro atoms. The summed E-state index contributed by atoms with van der Waals surface area (Å²) in [6.07, 6.45) is 4.55. The monoisotopic (exact) mass is 374 g/mol. The number of furan rings is 1. The quantitative estimate of drug-likeness (QED) is 0.872. The Morgan fingerprint density at radius 3 is 2.54 bits per heavy atom. The fraction of sp³-hybridized carbons (Fsp3) is 0.421. The zero-order valence-corrected chi connectivity index (χ0v) is 15.2. The molecule has 1 aliphatic carbocycles. The average molecular weight is 374 g/mol. The zero-order chi connectivity index (χ0) is 18.1. The molecule has 1 aromatic heterocycles. The van der Waals surface area contributed by atoms with Crippen molar-refractivity contribution >= 4 is 21.6 Å². The smallest absolute Gasteiger partial charge is 0.228 e. The first-order valence-corrected chi connectivity index (χ1v) is 10.5. The molecule has 26 heavy (non-hydrogen) atoms. The van der Waals surface area contributed by atoms with Gasteiger partial charge in [0.25, 0.3) is 0 Å². The second kappa shape index (κ2) is 6.89. The van der Waals surface area contributed by atoms with Gasteiger partial charge in [-0.15, -0.1) is 0 Å². The highest BCUT2D eigenvalue weighted by Crippen LogP contribution is 2.33. The van der Waals surface area contributed by atoms with Crippen LogP contribution in [0.1, 0.15) is 25.7 Å². The Bertz CT molecular complexity index is 871. The lowest BCUT2D eigenvalue weighted by Gasteiger charge is -2.31. The molecule has 4 rings (SSSR count). The molecule has 1 unspecified atom stereocenters. The third-order valence-electron chi connectivity index (χ3n) is 5.02. The average Bonchev–Trinajstić information content (AvgIpc) is 3.39. The van der Waals surface area contributed by atoms with Crippen molar-refractivity contribution in [1.82, 2.24) is 4.31 Å². The lowest BCUT2D eigenvalue weighted by Crippen LogP contribution is -2.44. The van der Waals surface area contributed by atoms with Crippen LogP contribution in [0.4, 0.5) is 5.69 Å². The summed E-state index contributed by atoms with van der Waals surface area (Å²) in [4.78, 5) is 12.6. The van der Waals surface area contributed by atoms with Gasteiger partial charge in [0, 0.05) is 24.3 Å². The summed E-state index contributed by atoms with van der Waals surface area (Å²) >= 11 is 0. The number of rotatable bonds is 5. The van der Waals surface area contributed by atoms with E-state index in [9.17, 15) is 13.2 Å². The minimum Gasteiger partial charge on any atom is -0.464 e. The van der Waals surface area contributed by atoms with Gasteiger partial charge in [0.1, 0.15) is 5.76 Å². The molecule has 1 aromatic carbocycles. The SMILES string of the molecule is O=C(Nc1ccc(-c2ccco2)cc1)C1CCCN(S(=O)(=O)C2CC2)C1. The Labute approximate surface area is 153 Å². The van der Waals surface area contributed by atoms with Crippen LogP contribution >= 0.6 is 0 Å². The van der Waals surface area contributed by atoms with Gasteiger partial charge in [0.05, 0.1) is 17.4 Å². The normalized spacial score (nSPS) is 21.5. The maximum Gasteiger partial charge on any atom is 0.228 e. The van der Waals surface area contributed by atoms with Crippen LogP contribution in [0.2, 0.25) is 0 Å². The lowest BCUT2D eigenvalue weighted by atomic mass is 9.98. The standard InChI is InChI=1S/C19H22N2O4S/c22-19(15-3-1-11-21(13-15)26(23,24)17-9-10-17)20-16-7-5-14(6-8-16)18-4-2-12-25-18/h2,4-8,12,15,17H,1,3,9-11,13H2,(H,20,22). The van der Waals surface area contributed by atoms with Gasteiger partial charge in [-0.3, -0.25) is 4.79 Å². The van der Waals surface area contributed by atoms with E-state index in [2.05, 4.69) is 5.32 Å². The van der Waals surface area contributed by atoms with Gasteiger partial charge in [-0.1, -0.05) is 0 Å². The summed E-state index contributed by atoms with van der Waals surface area (Å²) < 4.78 is 31.7. The number of anilines is 1. The Kier molecular flexibility index (Phi) is 4.58. The maximum atomic E-state index is 12.6. The molecule has 2 aliphatic rings. The van der Waals surface area contributed by atoms with Gasteiger partial charge in [-0.2, -0.15) is 0 Å². The van der Waals surface area contributed by atoms with Gasteiger partial charge in [-0.25, -0.2) is 12.7 Å². The van der Waals surface area contributed by atoms with Crippen molar-refractivity contribution in [1.29, 1.82) is 0 Å². The maximum absolute atomic E-state index is 12.6. The first-order chi connectivity index (χ1) is 12.5. The third-order valence-corrected chi connectivity index (χ3v) is 7.38. The second-order valence-corrected chi connectivity index (χ2v) is 9.20. The van der Waals surface area contributed by atoms with Crippen LogP contribution in [0.25, 0.3) is 11.3 Å². The van der Waals surface area contributed by atoms with Crippen LogP contribution in [0.3, 0.4) is 0 Å². The molecule has 1 aliphatic heterocycles. The van der Waals surface area contributed by atoms with Crippen molar-refractivity contribution in [3.8, 4) is 11.3 Å². The van der Waals surface area contributed by atoms with Crippen molar-refractivity contribution < 1.29 is 17.6 Å². The molecular weight excluding hydrogens is 352 g/mol. The molecule has 1 amide bonds. The van der Waals surface area contributed by atoms with Gasteiger partial charge in [0.15, 0.2) is 0 Å². The van der Waals surface area contributed by atoms with Crippen LogP contribution in [-0.4, -0.2) is 37.0 Å². The Hall–Kier alpha value is -2.12. The predicted octanol–water partition coefficient (Wildman–Crippen LogP) is 3.09. The fourth-order valence-corrected chi connectivity index (χ4v) is 5.29. The third kappa shape index (κ3) is 3.54. The molecule has 2 heterocycles. The first kappa shape index (κ1) is 17.3. The van der Waals surface area contributed by atoms with Crippen LogP contribution in [0, 0.1) is 5.92 Å². The number of hydrogen-bond donors (Lipinski definition) is 1.